The number of carbonyl (C=O) groups excluding carboxylic acids is 1. The van der Waals surface area contributed by atoms with Gasteiger partial charge in [-0.2, -0.15) is 4.98 Å². The molecular weight excluding hydrogens is 282 g/mol. The van der Waals surface area contributed by atoms with Crippen molar-refractivity contribution in [3.8, 4) is 5.75 Å². The van der Waals surface area contributed by atoms with Gasteiger partial charge < -0.3 is 14.2 Å². The van der Waals surface area contributed by atoms with Crippen molar-refractivity contribution in [2.45, 2.75) is 25.7 Å². The number of hydrogen-bond donors (Lipinski definition) is 0. The number of benzene rings is 1. The van der Waals surface area contributed by atoms with Gasteiger partial charge in [-0.1, -0.05) is 23.4 Å². The summed E-state index contributed by atoms with van der Waals surface area (Å²) in [6, 6.07) is 9.52. The van der Waals surface area contributed by atoms with E-state index >= 15 is 0 Å². The molecule has 3 rings (SSSR count). The van der Waals surface area contributed by atoms with Crippen LogP contribution in [-0.4, -0.2) is 40.6 Å². The Kier molecular flexibility index (Phi) is 4.37. The molecule has 1 atom stereocenters. The van der Waals surface area contributed by atoms with E-state index in [2.05, 4.69) is 10.1 Å². The van der Waals surface area contributed by atoms with E-state index in [1.807, 2.05) is 35.2 Å². The van der Waals surface area contributed by atoms with E-state index in [1.54, 1.807) is 6.92 Å². The number of rotatable bonds is 5. The van der Waals surface area contributed by atoms with Crippen molar-refractivity contribution in [2.75, 3.05) is 19.7 Å². The number of aryl methyl sites for hydroxylation is 1. The minimum absolute atomic E-state index is 0.106. The predicted octanol–water partition coefficient (Wildman–Crippen LogP) is 2.16. The van der Waals surface area contributed by atoms with Crippen LogP contribution in [0.4, 0.5) is 0 Å². The molecule has 0 unspecified atom stereocenters. The van der Waals surface area contributed by atoms with Crippen molar-refractivity contribution < 1.29 is 14.1 Å². The van der Waals surface area contributed by atoms with Crippen LogP contribution in [-0.2, 0) is 4.79 Å². The molecule has 1 amide bonds. The lowest BCUT2D eigenvalue weighted by atomic mass is 10.1. The van der Waals surface area contributed by atoms with Crippen molar-refractivity contribution >= 4 is 5.91 Å². The molecule has 6 heteroatoms. The quantitative estimate of drug-likeness (QED) is 0.846. The Bertz CT molecular complexity index is 627. The van der Waals surface area contributed by atoms with Crippen molar-refractivity contribution in [3.05, 3.63) is 42.0 Å². The summed E-state index contributed by atoms with van der Waals surface area (Å²) in [5, 5.41) is 3.80. The molecule has 0 radical (unpaired) electrons. The highest BCUT2D eigenvalue weighted by Gasteiger charge is 2.30. The molecule has 1 fully saturated rings. The molecule has 0 bridgehead atoms. The molecule has 2 aromatic rings. The fraction of sp³-hybridized carbons (Fsp3) is 0.438. The van der Waals surface area contributed by atoms with Crippen molar-refractivity contribution in [2.24, 2.45) is 0 Å². The van der Waals surface area contributed by atoms with E-state index in [9.17, 15) is 4.79 Å². The summed E-state index contributed by atoms with van der Waals surface area (Å²) in [7, 11) is 0. The molecule has 1 aliphatic heterocycles. The summed E-state index contributed by atoms with van der Waals surface area (Å²) in [4.78, 5) is 18.3. The van der Waals surface area contributed by atoms with Crippen LogP contribution in [0.5, 0.6) is 5.75 Å². The monoisotopic (exact) mass is 301 g/mol. The number of carbonyl (C=O) groups is 1. The van der Waals surface area contributed by atoms with Gasteiger partial charge in [-0.15, -0.1) is 0 Å². The van der Waals surface area contributed by atoms with Crippen LogP contribution in [0.25, 0.3) is 0 Å². The zero-order valence-electron chi connectivity index (χ0n) is 12.6. The molecule has 1 aromatic carbocycles. The summed E-state index contributed by atoms with van der Waals surface area (Å²) >= 11 is 0. The molecule has 1 aromatic heterocycles. The van der Waals surface area contributed by atoms with Gasteiger partial charge in [-0.3, -0.25) is 4.79 Å². The maximum Gasteiger partial charge on any atom is 0.231 e. The minimum atomic E-state index is 0.106. The SMILES string of the molecule is Cc1noc([C@@H]2CCN(C(=O)CCOc3ccccc3)C2)n1. The van der Waals surface area contributed by atoms with E-state index < -0.39 is 0 Å². The number of hydrogen-bond acceptors (Lipinski definition) is 5. The third-order valence-electron chi connectivity index (χ3n) is 3.76. The van der Waals surface area contributed by atoms with Crippen LogP contribution in [0.1, 0.15) is 30.5 Å². The Hall–Kier alpha value is -2.37. The highest BCUT2D eigenvalue weighted by molar-refractivity contribution is 5.76. The smallest absolute Gasteiger partial charge is 0.231 e. The Balaban J connectivity index is 1.45. The number of aromatic nitrogens is 2. The summed E-state index contributed by atoms with van der Waals surface area (Å²) in [6.45, 7) is 3.57. The predicted molar refractivity (Wildman–Crippen MR) is 79.5 cm³/mol. The van der Waals surface area contributed by atoms with Gasteiger partial charge in [0.05, 0.1) is 18.9 Å². The number of likely N-dealkylation sites (tertiary alicyclic amines) is 1. The summed E-state index contributed by atoms with van der Waals surface area (Å²) in [5.41, 5.74) is 0. The van der Waals surface area contributed by atoms with Crippen molar-refractivity contribution in [3.63, 3.8) is 0 Å². The van der Waals surface area contributed by atoms with E-state index in [-0.39, 0.29) is 11.8 Å². The van der Waals surface area contributed by atoms with Gasteiger partial charge in [0.15, 0.2) is 5.82 Å². The Morgan fingerprint density at radius 3 is 2.95 bits per heavy atom. The molecule has 1 saturated heterocycles. The third-order valence-corrected chi connectivity index (χ3v) is 3.76. The Morgan fingerprint density at radius 2 is 2.23 bits per heavy atom. The van der Waals surface area contributed by atoms with Crippen LogP contribution >= 0.6 is 0 Å². The zero-order valence-corrected chi connectivity index (χ0v) is 12.6. The van der Waals surface area contributed by atoms with E-state index in [4.69, 9.17) is 9.26 Å². The first-order valence-corrected chi connectivity index (χ1v) is 7.48. The highest BCUT2D eigenvalue weighted by atomic mass is 16.5. The normalized spacial score (nSPS) is 17.7. The first-order valence-electron chi connectivity index (χ1n) is 7.48. The Labute approximate surface area is 129 Å². The standard InChI is InChI=1S/C16H19N3O3/c1-12-17-16(22-18-12)13-7-9-19(11-13)15(20)8-10-21-14-5-3-2-4-6-14/h2-6,13H,7-11H2,1H3/t13-/m1/s1. The lowest BCUT2D eigenvalue weighted by Gasteiger charge is -2.16. The number of ether oxygens (including phenoxy) is 1. The fourth-order valence-corrected chi connectivity index (χ4v) is 2.60. The highest BCUT2D eigenvalue weighted by Crippen LogP contribution is 2.26. The van der Waals surface area contributed by atoms with Crippen molar-refractivity contribution in [1.29, 1.82) is 0 Å². The van der Waals surface area contributed by atoms with Gasteiger partial charge in [-0.25, -0.2) is 0 Å². The van der Waals surface area contributed by atoms with Gasteiger partial charge >= 0.3 is 0 Å². The molecule has 116 valence electrons. The second kappa shape index (κ2) is 6.60. The fourth-order valence-electron chi connectivity index (χ4n) is 2.60. The van der Waals surface area contributed by atoms with Crippen molar-refractivity contribution in [1.82, 2.24) is 15.0 Å². The van der Waals surface area contributed by atoms with Gasteiger partial charge in [0.25, 0.3) is 0 Å². The summed E-state index contributed by atoms with van der Waals surface area (Å²) < 4.78 is 10.8. The first kappa shape index (κ1) is 14.6. The average molecular weight is 301 g/mol. The lowest BCUT2D eigenvalue weighted by Crippen LogP contribution is -2.29. The molecule has 6 nitrogen and oxygen atoms in total. The summed E-state index contributed by atoms with van der Waals surface area (Å²) in [5.74, 6) is 2.31. The second-order valence-electron chi connectivity index (χ2n) is 5.42. The number of para-hydroxylation sites is 1. The zero-order chi connectivity index (χ0) is 15.4. The summed E-state index contributed by atoms with van der Waals surface area (Å²) in [6.07, 6.45) is 1.25. The van der Waals surface area contributed by atoms with Crippen LogP contribution in [0.3, 0.4) is 0 Å². The van der Waals surface area contributed by atoms with E-state index in [0.29, 0.717) is 31.3 Å². The van der Waals surface area contributed by atoms with E-state index in [0.717, 1.165) is 18.7 Å². The van der Waals surface area contributed by atoms with Gasteiger partial charge in [0.1, 0.15) is 5.75 Å². The molecule has 0 aliphatic carbocycles. The van der Waals surface area contributed by atoms with Gasteiger partial charge in [-0.05, 0) is 25.5 Å². The first-order chi connectivity index (χ1) is 10.7. The van der Waals surface area contributed by atoms with Crippen LogP contribution in [0, 0.1) is 6.92 Å². The molecular formula is C16H19N3O3. The van der Waals surface area contributed by atoms with Crippen LogP contribution in [0.2, 0.25) is 0 Å². The third kappa shape index (κ3) is 3.44. The van der Waals surface area contributed by atoms with Crippen LogP contribution < -0.4 is 4.74 Å². The maximum atomic E-state index is 12.2. The second-order valence-corrected chi connectivity index (χ2v) is 5.42. The molecule has 0 N–H and O–H groups in total. The molecule has 1 aliphatic rings. The molecule has 0 spiro atoms. The maximum absolute atomic E-state index is 12.2. The lowest BCUT2D eigenvalue weighted by molar-refractivity contribution is -0.130. The number of amides is 1. The topological polar surface area (TPSA) is 68.5 Å². The average Bonchev–Trinajstić information content (AvgIpc) is 3.17. The van der Waals surface area contributed by atoms with Gasteiger partial charge in [0.2, 0.25) is 11.8 Å². The number of nitrogens with zero attached hydrogens (tertiary/aromatic N) is 3. The molecule has 22 heavy (non-hydrogen) atoms. The minimum Gasteiger partial charge on any atom is -0.493 e. The molecule has 2 heterocycles. The van der Waals surface area contributed by atoms with Gasteiger partial charge in [0, 0.05) is 13.1 Å². The van der Waals surface area contributed by atoms with Crippen LogP contribution in [0.15, 0.2) is 34.9 Å². The largest absolute Gasteiger partial charge is 0.493 e. The van der Waals surface area contributed by atoms with E-state index in [1.165, 1.54) is 0 Å². The Morgan fingerprint density at radius 1 is 1.41 bits per heavy atom. The molecule has 0 saturated carbocycles.